The van der Waals surface area contributed by atoms with Gasteiger partial charge in [-0.15, -0.1) is 5.10 Å². The van der Waals surface area contributed by atoms with Crippen molar-refractivity contribution in [2.24, 2.45) is 5.41 Å². The quantitative estimate of drug-likeness (QED) is 0.702. The smallest absolute Gasteiger partial charge is 0.358 e. The van der Waals surface area contributed by atoms with Crippen molar-refractivity contribution in [3.8, 4) is 0 Å². The Balaban J connectivity index is 1.96. The third-order valence-corrected chi connectivity index (χ3v) is 3.19. The van der Waals surface area contributed by atoms with Gasteiger partial charge < -0.3 is 5.11 Å². The Labute approximate surface area is 74.2 Å². The average Bonchev–Trinajstić information content (AvgIpc) is 2.96. The summed E-state index contributed by atoms with van der Waals surface area (Å²) in [6, 6.07) is 0. The Bertz CT molecular complexity index is 380. The van der Waals surface area contributed by atoms with E-state index in [1.807, 2.05) is 0 Å². The van der Waals surface area contributed by atoms with Gasteiger partial charge in [0.1, 0.15) is 5.69 Å². The first-order chi connectivity index (χ1) is 6.23. The van der Waals surface area contributed by atoms with Gasteiger partial charge in [0, 0.05) is 5.92 Å². The number of carboxylic acid groups (broad SMARTS) is 1. The fraction of sp³-hybridized carbons (Fsp3) is 0.625. The van der Waals surface area contributed by atoms with E-state index >= 15 is 0 Å². The summed E-state index contributed by atoms with van der Waals surface area (Å²) in [6.45, 7) is 0. The van der Waals surface area contributed by atoms with Crippen molar-refractivity contribution < 1.29 is 9.90 Å². The second kappa shape index (κ2) is 1.92. The summed E-state index contributed by atoms with van der Waals surface area (Å²) in [5.41, 5.74) is 1.19. The minimum absolute atomic E-state index is 0.105. The molecule has 1 aromatic rings. The normalized spacial score (nSPS) is 27.5. The zero-order valence-electron chi connectivity index (χ0n) is 6.95. The predicted molar refractivity (Wildman–Crippen MR) is 42.4 cm³/mol. The fourth-order valence-corrected chi connectivity index (χ4v) is 2.09. The summed E-state index contributed by atoms with van der Waals surface area (Å²) in [7, 11) is 0. The molecule has 2 aliphatic carbocycles. The first-order valence-electron chi connectivity index (χ1n) is 4.37. The first kappa shape index (κ1) is 7.06. The van der Waals surface area contributed by atoms with Crippen LogP contribution >= 0.6 is 0 Å². The van der Waals surface area contributed by atoms with E-state index in [4.69, 9.17) is 5.11 Å². The van der Waals surface area contributed by atoms with E-state index in [9.17, 15) is 4.79 Å². The molecule has 1 atom stereocenters. The largest absolute Gasteiger partial charge is 0.476 e. The topological polar surface area (TPSA) is 78.9 Å². The maximum atomic E-state index is 10.7. The van der Waals surface area contributed by atoms with Crippen LogP contribution in [0.4, 0.5) is 0 Å². The molecule has 3 rings (SSSR count). The van der Waals surface area contributed by atoms with Crippen LogP contribution in [0.25, 0.3) is 0 Å². The van der Waals surface area contributed by atoms with Crippen molar-refractivity contribution >= 4 is 5.97 Å². The Morgan fingerprint density at radius 1 is 1.54 bits per heavy atom. The highest BCUT2D eigenvalue weighted by Crippen LogP contribution is 2.74. The molecule has 1 aromatic heterocycles. The zero-order chi connectivity index (χ0) is 9.05. The number of nitrogens with one attached hydrogen (secondary N) is 1. The number of hydrogen-bond donors (Lipinski definition) is 2. The van der Waals surface area contributed by atoms with E-state index in [0.29, 0.717) is 17.0 Å². The van der Waals surface area contributed by atoms with E-state index in [-0.39, 0.29) is 5.69 Å². The van der Waals surface area contributed by atoms with Crippen molar-refractivity contribution in [1.82, 2.24) is 15.4 Å². The van der Waals surface area contributed by atoms with Gasteiger partial charge in [-0.3, -0.25) is 0 Å². The summed E-state index contributed by atoms with van der Waals surface area (Å²) in [5, 5.41) is 18.7. The predicted octanol–water partition coefficient (Wildman–Crippen LogP) is 0.770. The van der Waals surface area contributed by atoms with Crippen LogP contribution in [0.1, 0.15) is 41.4 Å². The van der Waals surface area contributed by atoms with Crippen LogP contribution in [0.3, 0.4) is 0 Å². The molecule has 5 nitrogen and oxygen atoms in total. The van der Waals surface area contributed by atoms with Gasteiger partial charge in [0.2, 0.25) is 0 Å². The third kappa shape index (κ3) is 0.839. The van der Waals surface area contributed by atoms with Gasteiger partial charge in [0.15, 0.2) is 5.69 Å². The molecule has 68 valence electrons. The molecule has 0 aromatic carbocycles. The lowest BCUT2D eigenvalue weighted by molar-refractivity contribution is 0.0689. The Kier molecular flexibility index (Phi) is 1.04. The number of aromatic carboxylic acids is 1. The highest BCUT2D eigenvalue weighted by molar-refractivity contribution is 5.86. The first-order valence-corrected chi connectivity index (χ1v) is 4.37. The van der Waals surface area contributed by atoms with Gasteiger partial charge in [0.05, 0.1) is 0 Å². The van der Waals surface area contributed by atoms with Crippen molar-refractivity contribution in [3.63, 3.8) is 0 Å². The van der Waals surface area contributed by atoms with Gasteiger partial charge >= 0.3 is 5.97 Å². The van der Waals surface area contributed by atoms with Crippen LogP contribution in [-0.4, -0.2) is 26.5 Å². The number of H-pyrrole nitrogens is 1. The van der Waals surface area contributed by atoms with Crippen LogP contribution in [0.15, 0.2) is 0 Å². The number of carbonyl (C=O) groups is 1. The SMILES string of the molecule is O=C(O)c1n[nH]nc1C1CC12CC2. The van der Waals surface area contributed by atoms with Crippen molar-refractivity contribution in [2.75, 3.05) is 0 Å². The van der Waals surface area contributed by atoms with Crippen LogP contribution in [0, 0.1) is 5.41 Å². The lowest BCUT2D eigenvalue weighted by Gasteiger charge is -1.92. The van der Waals surface area contributed by atoms with Crippen LogP contribution in [0.5, 0.6) is 0 Å². The molecule has 13 heavy (non-hydrogen) atoms. The molecule has 0 amide bonds. The minimum Gasteiger partial charge on any atom is -0.476 e. The summed E-state index contributed by atoms with van der Waals surface area (Å²) in [5.74, 6) is -0.621. The number of nitrogens with zero attached hydrogens (tertiary/aromatic N) is 2. The molecule has 1 unspecified atom stereocenters. The second-order valence-electron chi connectivity index (χ2n) is 3.98. The van der Waals surface area contributed by atoms with E-state index in [1.54, 1.807) is 0 Å². The van der Waals surface area contributed by atoms with Crippen LogP contribution in [-0.2, 0) is 0 Å². The molecule has 2 aliphatic rings. The monoisotopic (exact) mass is 179 g/mol. The van der Waals surface area contributed by atoms with E-state index in [0.717, 1.165) is 6.42 Å². The maximum absolute atomic E-state index is 10.7. The molecule has 1 heterocycles. The highest BCUT2D eigenvalue weighted by atomic mass is 16.4. The molecular formula is C8H9N3O2. The second-order valence-corrected chi connectivity index (χ2v) is 3.98. The van der Waals surface area contributed by atoms with E-state index < -0.39 is 5.97 Å². The van der Waals surface area contributed by atoms with Gasteiger partial charge in [0.25, 0.3) is 0 Å². The van der Waals surface area contributed by atoms with Crippen molar-refractivity contribution in [1.29, 1.82) is 0 Å². The molecule has 0 saturated heterocycles. The fourth-order valence-electron chi connectivity index (χ4n) is 2.09. The Morgan fingerprint density at radius 3 is 2.85 bits per heavy atom. The standard InChI is InChI=1S/C8H9N3O2/c12-7(13)6-5(9-11-10-6)4-3-8(4)1-2-8/h4H,1-3H2,(H,12,13)(H,9,10,11). The lowest BCUT2D eigenvalue weighted by Crippen LogP contribution is -2.01. The molecule has 0 bridgehead atoms. The van der Waals surface area contributed by atoms with Gasteiger partial charge in [-0.1, -0.05) is 0 Å². The van der Waals surface area contributed by atoms with Crippen molar-refractivity contribution in [3.05, 3.63) is 11.4 Å². The molecular weight excluding hydrogens is 170 g/mol. The van der Waals surface area contributed by atoms with Gasteiger partial charge in [-0.05, 0) is 24.7 Å². The number of aromatic nitrogens is 3. The third-order valence-electron chi connectivity index (χ3n) is 3.19. The molecule has 5 heteroatoms. The summed E-state index contributed by atoms with van der Waals surface area (Å²) in [6.07, 6.45) is 3.55. The lowest BCUT2D eigenvalue weighted by atomic mass is 10.2. The van der Waals surface area contributed by atoms with E-state index in [1.165, 1.54) is 12.8 Å². The number of rotatable bonds is 2. The number of hydrogen-bond acceptors (Lipinski definition) is 3. The molecule has 0 radical (unpaired) electrons. The molecule has 2 saturated carbocycles. The molecule has 2 N–H and O–H groups in total. The zero-order valence-corrected chi connectivity index (χ0v) is 6.95. The van der Waals surface area contributed by atoms with Crippen LogP contribution in [0.2, 0.25) is 0 Å². The van der Waals surface area contributed by atoms with Crippen molar-refractivity contribution in [2.45, 2.75) is 25.2 Å². The Hall–Kier alpha value is -1.39. The molecule has 2 fully saturated rings. The highest BCUT2D eigenvalue weighted by Gasteiger charge is 2.64. The average molecular weight is 179 g/mol. The Morgan fingerprint density at radius 2 is 2.31 bits per heavy atom. The van der Waals surface area contributed by atoms with Gasteiger partial charge in [-0.2, -0.15) is 10.3 Å². The van der Waals surface area contributed by atoms with E-state index in [2.05, 4.69) is 15.4 Å². The number of carboxylic acids is 1. The summed E-state index contributed by atoms with van der Waals surface area (Å²) in [4.78, 5) is 10.7. The summed E-state index contributed by atoms with van der Waals surface area (Å²) >= 11 is 0. The summed E-state index contributed by atoms with van der Waals surface area (Å²) < 4.78 is 0. The minimum atomic E-state index is -0.980. The number of aromatic amines is 1. The van der Waals surface area contributed by atoms with Gasteiger partial charge in [-0.25, -0.2) is 4.79 Å². The maximum Gasteiger partial charge on any atom is 0.358 e. The van der Waals surface area contributed by atoms with Crippen LogP contribution < -0.4 is 0 Å². The molecule has 0 aliphatic heterocycles. The molecule has 1 spiro atoms.